The predicted molar refractivity (Wildman–Crippen MR) is 225 cm³/mol. The molecule has 14 heteroatoms. The summed E-state index contributed by atoms with van der Waals surface area (Å²) in [4.78, 5) is 0. The van der Waals surface area contributed by atoms with Crippen molar-refractivity contribution in [3.8, 4) is 0 Å². The monoisotopic (exact) mass is 920 g/mol. The highest BCUT2D eigenvalue weighted by Crippen LogP contribution is 2.28. The standard InChI is InChI=1S/2C22H35N2O3Si.BrH.ClH/c2*1-4-25-28(26-5-2,27-6-3)22-14-12-20(13-15-22)18-23-16-17-24(19-23)21-10-8-7-9-11-21;;/h2*12-17,19,21H,4-11,18H2,1-3H3;2*1H/q2*+1;;/p-2. The number of rotatable bonds is 20. The molecule has 0 atom stereocenters. The van der Waals surface area contributed by atoms with E-state index >= 15 is 0 Å². The van der Waals surface area contributed by atoms with E-state index in [0.717, 1.165) is 23.5 Å². The summed E-state index contributed by atoms with van der Waals surface area (Å²) in [6.07, 6.45) is 26.8. The average molecular weight is 923 g/mol. The Kier molecular flexibility index (Phi) is 22.7. The molecule has 6 rings (SSSR count). The van der Waals surface area contributed by atoms with Crippen LogP contribution in [-0.4, -0.2) is 66.4 Å². The Balaban J connectivity index is 0.000000300. The number of hydrogen-bond donors (Lipinski definition) is 0. The van der Waals surface area contributed by atoms with Gasteiger partial charge in [0, 0.05) is 50.0 Å². The first-order valence-electron chi connectivity index (χ1n) is 21.6. The van der Waals surface area contributed by atoms with Gasteiger partial charge in [-0.1, -0.05) is 61.4 Å². The third-order valence-corrected chi connectivity index (χ3v) is 16.9. The molecule has 0 spiro atoms. The maximum Gasteiger partial charge on any atom is 0.537 e. The highest BCUT2D eigenvalue weighted by atomic mass is 79.9. The second-order valence-electron chi connectivity index (χ2n) is 14.8. The first kappa shape index (κ1) is 50.2. The Morgan fingerprint density at radius 1 is 0.483 bits per heavy atom. The van der Waals surface area contributed by atoms with Crippen molar-refractivity contribution in [1.29, 1.82) is 0 Å². The SMILES string of the molecule is CCO[Si](OCC)(OCC)c1ccc(C[n+]2ccn(C3CCCCC3)c2)cc1.CCO[Si](OCC)(OCC)c1ccc(C[n+]2ccn(C3CCCCC3)c2)cc1.[Br-].[Cl-]. The quantitative estimate of drug-likeness (QED) is 0.0982. The van der Waals surface area contributed by atoms with Crippen LogP contribution in [0, 0.1) is 0 Å². The minimum atomic E-state index is -2.82. The van der Waals surface area contributed by atoms with Crippen molar-refractivity contribution in [2.24, 2.45) is 0 Å². The van der Waals surface area contributed by atoms with E-state index < -0.39 is 17.6 Å². The summed E-state index contributed by atoms with van der Waals surface area (Å²) in [5.41, 5.74) is 2.53. The summed E-state index contributed by atoms with van der Waals surface area (Å²) in [5, 5.41) is 2.07. The molecule has 0 aliphatic heterocycles. The molecule has 4 aromatic rings. The Hall–Kier alpha value is -2.18. The molecule has 2 aliphatic rings. The molecule has 10 nitrogen and oxygen atoms in total. The van der Waals surface area contributed by atoms with Crippen molar-refractivity contribution in [3.63, 3.8) is 0 Å². The van der Waals surface area contributed by atoms with Crippen LogP contribution in [0.1, 0.15) is 129 Å². The minimum Gasteiger partial charge on any atom is -1.00 e. The molecule has 0 N–H and O–H groups in total. The van der Waals surface area contributed by atoms with E-state index in [2.05, 4.69) is 104 Å². The van der Waals surface area contributed by atoms with Gasteiger partial charge in [0.25, 0.3) is 0 Å². The number of halogens is 2. The van der Waals surface area contributed by atoms with E-state index in [1.807, 2.05) is 41.5 Å². The van der Waals surface area contributed by atoms with Crippen molar-refractivity contribution in [2.45, 2.75) is 131 Å². The van der Waals surface area contributed by atoms with Gasteiger partial charge in [0.1, 0.15) is 50.0 Å². The Morgan fingerprint density at radius 3 is 1.05 bits per heavy atom. The van der Waals surface area contributed by atoms with Crippen molar-refractivity contribution in [1.82, 2.24) is 9.13 Å². The second-order valence-corrected chi connectivity index (χ2v) is 19.9. The fourth-order valence-electron chi connectivity index (χ4n) is 8.14. The maximum atomic E-state index is 6.01. The lowest BCUT2D eigenvalue weighted by molar-refractivity contribution is -0.688. The second kappa shape index (κ2) is 26.2. The molecule has 2 aliphatic carbocycles. The molecule has 0 unspecified atom stereocenters. The summed E-state index contributed by atoms with van der Waals surface area (Å²) < 4.78 is 45.4. The summed E-state index contributed by atoms with van der Waals surface area (Å²) >= 11 is 0. The number of benzene rings is 2. The van der Waals surface area contributed by atoms with Crippen molar-refractivity contribution >= 4 is 28.0 Å². The molecule has 2 aromatic carbocycles. The Morgan fingerprint density at radius 2 is 0.776 bits per heavy atom. The number of hydrogen-bond acceptors (Lipinski definition) is 6. The molecule has 0 bridgehead atoms. The van der Waals surface area contributed by atoms with Crippen LogP contribution in [0.15, 0.2) is 86.0 Å². The molecule has 2 fully saturated rings. The van der Waals surface area contributed by atoms with Gasteiger partial charge in [-0.15, -0.1) is 0 Å². The van der Waals surface area contributed by atoms with E-state index in [0.29, 0.717) is 51.7 Å². The van der Waals surface area contributed by atoms with E-state index in [4.69, 9.17) is 26.6 Å². The maximum absolute atomic E-state index is 6.01. The smallest absolute Gasteiger partial charge is 0.537 e. The van der Waals surface area contributed by atoms with Gasteiger partial charge in [0.15, 0.2) is 0 Å². The Labute approximate surface area is 368 Å². The largest absolute Gasteiger partial charge is 1.00 e. The van der Waals surface area contributed by atoms with Crippen LogP contribution in [0.4, 0.5) is 0 Å². The van der Waals surface area contributed by atoms with Crippen LogP contribution >= 0.6 is 0 Å². The average Bonchev–Trinajstić information content (AvgIpc) is 3.90. The first-order valence-corrected chi connectivity index (χ1v) is 25.0. The molecule has 324 valence electrons. The lowest BCUT2D eigenvalue weighted by Crippen LogP contribution is -3.00. The summed E-state index contributed by atoms with van der Waals surface area (Å²) in [6, 6.07) is 18.5. The van der Waals surface area contributed by atoms with Crippen molar-refractivity contribution in [3.05, 3.63) is 97.1 Å². The molecular formula is C44H70BrClN4O6Si2. The molecule has 0 amide bonds. The van der Waals surface area contributed by atoms with Gasteiger partial charge in [0.2, 0.25) is 12.7 Å². The lowest BCUT2D eigenvalue weighted by Gasteiger charge is -2.28. The zero-order valence-electron chi connectivity index (χ0n) is 36.0. The normalized spacial score (nSPS) is 15.3. The third kappa shape index (κ3) is 13.9. The third-order valence-electron chi connectivity index (χ3n) is 10.8. The number of nitrogens with zero attached hydrogens (tertiary/aromatic N) is 4. The summed E-state index contributed by atoms with van der Waals surface area (Å²) in [6.45, 7) is 17.2. The highest BCUT2D eigenvalue weighted by Gasteiger charge is 2.44. The number of aromatic nitrogens is 4. The van der Waals surface area contributed by atoms with Gasteiger partial charge in [-0.25, -0.2) is 18.3 Å². The molecule has 58 heavy (non-hydrogen) atoms. The van der Waals surface area contributed by atoms with E-state index in [-0.39, 0.29) is 29.4 Å². The van der Waals surface area contributed by atoms with Gasteiger partial charge in [-0.3, -0.25) is 0 Å². The van der Waals surface area contributed by atoms with Gasteiger partial charge in [-0.05, 0) is 104 Å². The zero-order valence-corrected chi connectivity index (χ0v) is 40.3. The van der Waals surface area contributed by atoms with Gasteiger partial charge < -0.3 is 55.9 Å². The first-order chi connectivity index (χ1) is 27.4. The minimum absolute atomic E-state index is 0. The molecule has 0 radical (unpaired) electrons. The highest BCUT2D eigenvalue weighted by molar-refractivity contribution is 6.75. The van der Waals surface area contributed by atoms with E-state index in [1.54, 1.807) is 0 Å². The lowest BCUT2D eigenvalue weighted by atomic mass is 9.95. The molecule has 2 saturated carbocycles. The van der Waals surface area contributed by atoms with Gasteiger partial charge >= 0.3 is 17.6 Å². The van der Waals surface area contributed by atoms with Crippen LogP contribution in [0.2, 0.25) is 0 Å². The zero-order chi connectivity index (χ0) is 39.6. The van der Waals surface area contributed by atoms with Gasteiger partial charge in [-0.2, -0.15) is 0 Å². The Bertz CT molecular complexity index is 1530. The van der Waals surface area contributed by atoms with Crippen molar-refractivity contribution < 1.29 is 65.1 Å². The van der Waals surface area contributed by atoms with Crippen LogP contribution in [0.3, 0.4) is 0 Å². The number of imidazole rings is 2. The van der Waals surface area contributed by atoms with Gasteiger partial charge in [0.05, 0.1) is 0 Å². The molecule has 0 saturated heterocycles. The fraction of sp³-hybridized carbons (Fsp3) is 0.591. The summed E-state index contributed by atoms with van der Waals surface area (Å²) in [5.74, 6) is 0. The van der Waals surface area contributed by atoms with Crippen LogP contribution < -0.4 is 48.9 Å². The van der Waals surface area contributed by atoms with Crippen LogP contribution in [0.5, 0.6) is 0 Å². The topological polar surface area (TPSA) is 73.0 Å². The van der Waals surface area contributed by atoms with E-state index in [9.17, 15) is 0 Å². The van der Waals surface area contributed by atoms with E-state index in [1.165, 1.54) is 75.3 Å². The summed E-state index contributed by atoms with van der Waals surface area (Å²) in [7, 11) is -5.63. The van der Waals surface area contributed by atoms with Crippen LogP contribution in [-0.2, 0) is 39.6 Å². The van der Waals surface area contributed by atoms with Crippen LogP contribution in [0.25, 0.3) is 0 Å². The molecular weight excluding hydrogens is 852 g/mol. The fourth-order valence-corrected chi connectivity index (χ4v) is 13.1. The van der Waals surface area contributed by atoms with Crippen molar-refractivity contribution in [2.75, 3.05) is 39.6 Å². The predicted octanol–water partition coefficient (Wildman–Crippen LogP) is 1.18. The molecule has 2 aromatic heterocycles. The molecule has 2 heterocycles.